The third kappa shape index (κ3) is 3.24. The molecule has 1 fully saturated rings. The first kappa shape index (κ1) is 14.3. The lowest BCUT2D eigenvalue weighted by Crippen LogP contribution is -2.33. The number of nitro groups is 1. The lowest BCUT2D eigenvalue weighted by Gasteiger charge is -2.11. The highest BCUT2D eigenvalue weighted by atomic mass is 16.6. The summed E-state index contributed by atoms with van der Waals surface area (Å²) in [6.45, 7) is 0.183. The number of nitrogens with zero attached hydrogens (tertiary/aromatic N) is 1. The molecule has 1 unspecified atom stereocenters. The van der Waals surface area contributed by atoms with Crippen molar-refractivity contribution in [2.24, 2.45) is 5.92 Å². The fourth-order valence-corrected chi connectivity index (χ4v) is 1.92. The molecule has 2 N–H and O–H groups in total. The van der Waals surface area contributed by atoms with Crippen LogP contribution in [-0.4, -0.2) is 35.7 Å². The standard InChI is InChI=1S/C13H16N2O5/c1-20-12-6-9(4-5-10(12)15(18)19)13(17)14-7-11(16)8-2-3-8/h4-6,8,11,16H,2-3,7H2,1H3,(H,14,17). The van der Waals surface area contributed by atoms with E-state index in [9.17, 15) is 20.0 Å². The number of amides is 1. The van der Waals surface area contributed by atoms with Gasteiger partial charge in [-0.15, -0.1) is 0 Å². The van der Waals surface area contributed by atoms with Crippen LogP contribution in [0.3, 0.4) is 0 Å². The molecular weight excluding hydrogens is 264 g/mol. The van der Waals surface area contributed by atoms with Gasteiger partial charge in [-0.25, -0.2) is 0 Å². The van der Waals surface area contributed by atoms with Crippen molar-refractivity contribution in [2.45, 2.75) is 18.9 Å². The summed E-state index contributed by atoms with van der Waals surface area (Å²) in [5.41, 5.74) is 0.0671. The van der Waals surface area contributed by atoms with Crippen LogP contribution >= 0.6 is 0 Å². The SMILES string of the molecule is COc1cc(C(=O)NCC(O)C2CC2)ccc1[N+](=O)[O-]. The van der Waals surface area contributed by atoms with Crippen LogP contribution in [0, 0.1) is 16.0 Å². The summed E-state index contributed by atoms with van der Waals surface area (Å²) < 4.78 is 4.90. The van der Waals surface area contributed by atoms with Crippen molar-refractivity contribution >= 4 is 11.6 Å². The minimum Gasteiger partial charge on any atom is -0.490 e. The number of hydrogen-bond donors (Lipinski definition) is 2. The van der Waals surface area contributed by atoms with Crippen LogP contribution in [0.15, 0.2) is 18.2 Å². The molecule has 0 bridgehead atoms. The number of carbonyl (C=O) groups is 1. The monoisotopic (exact) mass is 280 g/mol. The number of ether oxygens (including phenoxy) is 1. The van der Waals surface area contributed by atoms with Crippen LogP contribution in [0.2, 0.25) is 0 Å². The van der Waals surface area contributed by atoms with Crippen LogP contribution in [0.25, 0.3) is 0 Å². The molecule has 7 heteroatoms. The van der Waals surface area contributed by atoms with E-state index in [2.05, 4.69) is 5.32 Å². The number of aliphatic hydroxyl groups excluding tert-OH is 1. The Hall–Kier alpha value is -2.15. The number of methoxy groups -OCH3 is 1. The van der Waals surface area contributed by atoms with E-state index in [1.807, 2.05) is 0 Å². The van der Waals surface area contributed by atoms with E-state index in [0.717, 1.165) is 12.8 Å². The largest absolute Gasteiger partial charge is 0.490 e. The Morgan fingerprint density at radius 1 is 1.60 bits per heavy atom. The van der Waals surface area contributed by atoms with E-state index in [1.165, 1.54) is 25.3 Å². The molecule has 1 aliphatic carbocycles. The molecule has 1 aromatic carbocycles. The van der Waals surface area contributed by atoms with E-state index >= 15 is 0 Å². The number of nitro benzene ring substituents is 1. The zero-order valence-electron chi connectivity index (χ0n) is 11.0. The lowest BCUT2D eigenvalue weighted by molar-refractivity contribution is -0.385. The average Bonchev–Trinajstić information content (AvgIpc) is 3.28. The van der Waals surface area contributed by atoms with Gasteiger partial charge in [0.05, 0.1) is 18.1 Å². The van der Waals surface area contributed by atoms with Gasteiger partial charge in [0.2, 0.25) is 0 Å². The van der Waals surface area contributed by atoms with Gasteiger partial charge < -0.3 is 15.2 Å². The molecule has 20 heavy (non-hydrogen) atoms. The summed E-state index contributed by atoms with van der Waals surface area (Å²) in [5, 5.41) is 23.0. The molecule has 0 aromatic heterocycles. The Labute approximate surface area is 115 Å². The summed E-state index contributed by atoms with van der Waals surface area (Å²) in [4.78, 5) is 22.1. The van der Waals surface area contributed by atoms with E-state index < -0.39 is 16.9 Å². The highest BCUT2D eigenvalue weighted by molar-refractivity contribution is 5.95. The zero-order valence-corrected chi connectivity index (χ0v) is 11.0. The van der Waals surface area contributed by atoms with Gasteiger partial charge in [0, 0.05) is 24.2 Å². The first-order valence-electron chi connectivity index (χ1n) is 6.31. The van der Waals surface area contributed by atoms with Crippen LogP contribution in [0.5, 0.6) is 5.75 Å². The minimum absolute atomic E-state index is 0.0328. The molecule has 7 nitrogen and oxygen atoms in total. The fourth-order valence-electron chi connectivity index (χ4n) is 1.92. The van der Waals surface area contributed by atoms with Crippen molar-refractivity contribution < 1.29 is 19.6 Å². The molecule has 108 valence electrons. The summed E-state index contributed by atoms with van der Waals surface area (Å²) in [5.74, 6) is -0.0787. The molecular formula is C13H16N2O5. The quantitative estimate of drug-likeness (QED) is 0.600. The topological polar surface area (TPSA) is 102 Å². The van der Waals surface area contributed by atoms with Gasteiger partial charge in [-0.1, -0.05) is 0 Å². The average molecular weight is 280 g/mol. The Morgan fingerprint density at radius 2 is 2.30 bits per heavy atom. The summed E-state index contributed by atoms with van der Waals surface area (Å²) >= 11 is 0. The molecule has 1 atom stereocenters. The molecule has 0 radical (unpaired) electrons. The predicted molar refractivity (Wildman–Crippen MR) is 70.7 cm³/mol. The number of carbonyl (C=O) groups excluding carboxylic acids is 1. The van der Waals surface area contributed by atoms with Gasteiger partial charge in [0.1, 0.15) is 0 Å². The Morgan fingerprint density at radius 3 is 2.85 bits per heavy atom. The second kappa shape index (κ2) is 5.87. The molecule has 2 rings (SSSR count). The second-order valence-electron chi connectivity index (χ2n) is 4.76. The number of benzene rings is 1. The second-order valence-corrected chi connectivity index (χ2v) is 4.76. The summed E-state index contributed by atoms with van der Waals surface area (Å²) in [6.07, 6.45) is 1.45. The molecule has 0 heterocycles. The van der Waals surface area contributed by atoms with Crippen LogP contribution in [0.4, 0.5) is 5.69 Å². The first-order chi connectivity index (χ1) is 9.52. The third-order valence-electron chi connectivity index (χ3n) is 3.28. The van der Waals surface area contributed by atoms with E-state index in [-0.39, 0.29) is 29.5 Å². The molecule has 0 saturated heterocycles. The van der Waals surface area contributed by atoms with Crippen molar-refractivity contribution in [3.05, 3.63) is 33.9 Å². The summed E-state index contributed by atoms with van der Waals surface area (Å²) in [7, 11) is 1.31. The van der Waals surface area contributed by atoms with Crippen molar-refractivity contribution in [1.82, 2.24) is 5.32 Å². The molecule has 1 amide bonds. The smallest absolute Gasteiger partial charge is 0.310 e. The molecule has 1 saturated carbocycles. The van der Waals surface area contributed by atoms with E-state index in [1.54, 1.807) is 0 Å². The molecule has 1 aliphatic rings. The lowest BCUT2D eigenvalue weighted by atomic mass is 10.1. The van der Waals surface area contributed by atoms with Gasteiger partial charge >= 0.3 is 5.69 Å². The van der Waals surface area contributed by atoms with E-state index in [4.69, 9.17) is 4.74 Å². The van der Waals surface area contributed by atoms with Gasteiger partial charge in [-0.05, 0) is 24.8 Å². The van der Waals surface area contributed by atoms with Crippen LogP contribution in [0.1, 0.15) is 23.2 Å². The van der Waals surface area contributed by atoms with Gasteiger partial charge in [-0.3, -0.25) is 14.9 Å². The Balaban J connectivity index is 2.03. The molecule has 0 aliphatic heterocycles. The minimum atomic E-state index is -0.572. The molecule has 1 aromatic rings. The zero-order chi connectivity index (χ0) is 14.7. The third-order valence-corrected chi connectivity index (χ3v) is 3.28. The maximum atomic E-state index is 11.9. The van der Waals surface area contributed by atoms with Gasteiger partial charge in [0.15, 0.2) is 5.75 Å². The van der Waals surface area contributed by atoms with Gasteiger partial charge in [0.25, 0.3) is 5.91 Å². The van der Waals surface area contributed by atoms with Gasteiger partial charge in [-0.2, -0.15) is 0 Å². The Kier molecular flexibility index (Phi) is 4.19. The van der Waals surface area contributed by atoms with Crippen molar-refractivity contribution in [3.8, 4) is 5.75 Å². The van der Waals surface area contributed by atoms with Crippen molar-refractivity contribution in [1.29, 1.82) is 0 Å². The highest BCUT2D eigenvalue weighted by Crippen LogP contribution is 2.32. The van der Waals surface area contributed by atoms with Crippen molar-refractivity contribution in [3.63, 3.8) is 0 Å². The fraction of sp³-hybridized carbons (Fsp3) is 0.462. The van der Waals surface area contributed by atoms with Crippen LogP contribution in [-0.2, 0) is 0 Å². The normalized spacial score (nSPS) is 15.5. The van der Waals surface area contributed by atoms with Crippen LogP contribution < -0.4 is 10.1 Å². The maximum absolute atomic E-state index is 11.9. The maximum Gasteiger partial charge on any atom is 0.310 e. The van der Waals surface area contributed by atoms with E-state index in [0.29, 0.717) is 0 Å². The molecule has 0 spiro atoms. The van der Waals surface area contributed by atoms with Crippen molar-refractivity contribution in [2.75, 3.05) is 13.7 Å². The predicted octanol–water partition coefficient (Wildman–Crippen LogP) is 1.10. The number of hydrogen-bond acceptors (Lipinski definition) is 5. The summed E-state index contributed by atoms with van der Waals surface area (Å²) in [6, 6.07) is 3.90. The number of nitrogens with one attached hydrogen (secondary N) is 1. The first-order valence-corrected chi connectivity index (χ1v) is 6.31. The number of aliphatic hydroxyl groups is 1. The Bertz CT molecular complexity index is 527. The highest BCUT2D eigenvalue weighted by Gasteiger charge is 2.29. The number of rotatable bonds is 6.